The molecule has 2 aliphatic heterocycles. The minimum absolute atomic E-state index is 0.0737. The van der Waals surface area contributed by atoms with Gasteiger partial charge in [0, 0.05) is 34.1 Å². The number of anilines is 6. The van der Waals surface area contributed by atoms with E-state index in [0.717, 1.165) is 84.9 Å². The van der Waals surface area contributed by atoms with Crippen LogP contribution >= 0.6 is 0 Å². The molecule has 7 rings (SSSR count). The van der Waals surface area contributed by atoms with Gasteiger partial charge in [-0.3, -0.25) is 0 Å². The number of rotatable bonds is 3. The summed E-state index contributed by atoms with van der Waals surface area (Å²) in [7, 11) is 0. The molecule has 0 amide bonds. The molecule has 0 unspecified atom stereocenters. The summed E-state index contributed by atoms with van der Waals surface area (Å²) in [6, 6.07) is 16.6. The molecule has 0 radical (unpaired) electrons. The molecule has 0 saturated carbocycles. The van der Waals surface area contributed by atoms with Gasteiger partial charge in [0.1, 0.15) is 0 Å². The van der Waals surface area contributed by atoms with Gasteiger partial charge in [-0.15, -0.1) is 0 Å². The Labute approximate surface area is 282 Å². The van der Waals surface area contributed by atoms with Crippen molar-refractivity contribution in [3.8, 4) is 0 Å². The number of benzene rings is 5. The Morgan fingerprint density at radius 3 is 1.08 bits per heavy atom. The van der Waals surface area contributed by atoms with Gasteiger partial charge < -0.3 is 9.80 Å². The van der Waals surface area contributed by atoms with E-state index < -0.39 is 53.7 Å². The molecule has 0 saturated heterocycles. The van der Waals surface area contributed by atoms with Gasteiger partial charge in [-0.25, -0.2) is 0 Å². The fraction of sp³-hybridized carbons (Fsp3) is 0.167. The lowest BCUT2D eigenvalue weighted by molar-refractivity contribution is -0.138. The SMILES string of the molecule is CCc1cc2c3c(c1)N(c1ccc(C(F)(F)F)cc1)c1ccc(C(F)(F)F)cc1B3c1cc(C(F)(F)F)ccc1N2c1ccc(C(F)(F)F)cc1. The third kappa shape index (κ3) is 5.85. The molecule has 5 aromatic rings. The second-order valence-corrected chi connectivity index (χ2v) is 12.1. The van der Waals surface area contributed by atoms with E-state index in [9.17, 15) is 52.7 Å². The third-order valence-electron chi connectivity index (χ3n) is 9.09. The van der Waals surface area contributed by atoms with E-state index in [1.165, 1.54) is 9.80 Å². The van der Waals surface area contributed by atoms with Crippen molar-refractivity contribution in [1.82, 2.24) is 0 Å². The Kier molecular flexibility index (Phi) is 7.73. The zero-order valence-electron chi connectivity index (χ0n) is 26.0. The van der Waals surface area contributed by atoms with Crippen LogP contribution in [-0.4, -0.2) is 6.71 Å². The fourth-order valence-electron chi connectivity index (χ4n) is 6.77. The molecule has 2 aliphatic rings. The number of hydrogen-bond donors (Lipinski definition) is 0. The van der Waals surface area contributed by atoms with E-state index >= 15 is 0 Å². The molecule has 0 N–H and O–H groups in total. The van der Waals surface area contributed by atoms with E-state index in [1.807, 2.05) is 0 Å². The van der Waals surface area contributed by atoms with Crippen LogP contribution in [0.3, 0.4) is 0 Å². The van der Waals surface area contributed by atoms with Crippen molar-refractivity contribution in [1.29, 1.82) is 0 Å². The Balaban J connectivity index is 1.58. The van der Waals surface area contributed by atoms with Crippen LogP contribution in [0.15, 0.2) is 97.1 Å². The predicted octanol–water partition coefficient (Wildman–Crippen LogP) is 10.4. The zero-order valence-corrected chi connectivity index (χ0v) is 26.0. The van der Waals surface area contributed by atoms with Crippen molar-refractivity contribution < 1.29 is 52.7 Å². The summed E-state index contributed by atoms with van der Waals surface area (Å²) in [4.78, 5) is 2.90. The molecule has 51 heavy (non-hydrogen) atoms. The van der Waals surface area contributed by atoms with Gasteiger partial charge in [-0.1, -0.05) is 19.1 Å². The molecule has 0 aromatic heterocycles. The van der Waals surface area contributed by atoms with Gasteiger partial charge in [0.2, 0.25) is 0 Å². The monoisotopic (exact) mass is 720 g/mol. The Hall–Kier alpha value is -5.08. The largest absolute Gasteiger partial charge is 0.416 e. The Bertz CT molecular complexity index is 2000. The molecule has 0 bridgehead atoms. The van der Waals surface area contributed by atoms with Crippen LogP contribution in [0.25, 0.3) is 0 Å². The van der Waals surface area contributed by atoms with Gasteiger partial charge >= 0.3 is 24.7 Å². The van der Waals surface area contributed by atoms with Gasteiger partial charge in [0.15, 0.2) is 0 Å². The van der Waals surface area contributed by atoms with Crippen LogP contribution in [0.5, 0.6) is 0 Å². The first-order chi connectivity index (χ1) is 23.8. The molecule has 5 aromatic carbocycles. The standard InChI is InChI=1S/C36H21BF12N2/c1-2-19-15-30-32-31(16-19)51(25-11-5-21(6-12-25)34(41,42)43)29-14-8-23(36(47,48)49)18-27(29)37(32)26-17-22(35(44,45)46)7-13-28(26)50(30)24-9-3-20(4-10-24)33(38,39)40/h3-18H,2H2,1H3. The summed E-state index contributed by atoms with van der Waals surface area (Å²) < 4.78 is 166. The Morgan fingerprint density at radius 1 is 0.431 bits per heavy atom. The van der Waals surface area contributed by atoms with Crippen molar-refractivity contribution in [3.05, 3.63) is 125 Å². The lowest BCUT2D eigenvalue weighted by atomic mass is 9.33. The quantitative estimate of drug-likeness (QED) is 0.133. The molecule has 0 atom stereocenters. The van der Waals surface area contributed by atoms with Crippen LogP contribution in [0.4, 0.5) is 86.8 Å². The Morgan fingerprint density at radius 2 is 0.765 bits per heavy atom. The number of fused-ring (bicyclic) bond motifs is 4. The number of hydrogen-bond acceptors (Lipinski definition) is 2. The lowest BCUT2D eigenvalue weighted by Gasteiger charge is -2.44. The van der Waals surface area contributed by atoms with Crippen molar-refractivity contribution in [2.75, 3.05) is 9.80 Å². The summed E-state index contributed by atoms with van der Waals surface area (Å²) in [5, 5.41) is 0. The maximum atomic E-state index is 14.2. The maximum Gasteiger partial charge on any atom is 0.416 e. The molecular formula is C36H21BF12N2. The summed E-state index contributed by atoms with van der Waals surface area (Å²) in [6.07, 6.45) is -18.8. The van der Waals surface area contributed by atoms with E-state index in [2.05, 4.69) is 0 Å². The predicted molar refractivity (Wildman–Crippen MR) is 170 cm³/mol. The second-order valence-electron chi connectivity index (χ2n) is 12.1. The average molecular weight is 720 g/mol. The first-order valence-electron chi connectivity index (χ1n) is 15.3. The van der Waals surface area contributed by atoms with E-state index in [0.29, 0.717) is 12.0 Å². The molecule has 2 heterocycles. The number of halogens is 12. The van der Waals surface area contributed by atoms with E-state index in [-0.39, 0.29) is 50.5 Å². The summed E-state index contributed by atoms with van der Waals surface area (Å²) in [6.45, 7) is 0.530. The summed E-state index contributed by atoms with van der Waals surface area (Å²) in [5.74, 6) is 0. The van der Waals surface area contributed by atoms with Gasteiger partial charge in [0.05, 0.1) is 22.3 Å². The highest BCUT2D eigenvalue weighted by Crippen LogP contribution is 2.47. The zero-order chi connectivity index (χ0) is 36.8. The van der Waals surface area contributed by atoms with Crippen molar-refractivity contribution in [2.24, 2.45) is 0 Å². The van der Waals surface area contributed by atoms with Crippen molar-refractivity contribution in [2.45, 2.75) is 38.0 Å². The molecular weight excluding hydrogens is 699 g/mol. The minimum Gasteiger partial charge on any atom is -0.311 e. The smallest absolute Gasteiger partial charge is 0.311 e. The van der Waals surface area contributed by atoms with Crippen LogP contribution in [0, 0.1) is 0 Å². The van der Waals surface area contributed by atoms with Crippen molar-refractivity contribution >= 4 is 57.2 Å². The van der Waals surface area contributed by atoms with Crippen LogP contribution in [0.2, 0.25) is 0 Å². The van der Waals surface area contributed by atoms with E-state index in [4.69, 9.17) is 0 Å². The van der Waals surface area contributed by atoms with Gasteiger partial charge in [-0.2, -0.15) is 52.7 Å². The molecule has 0 aliphatic carbocycles. The number of alkyl halides is 12. The summed E-state index contributed by atoms with van der Waals surface area (Å²) >= 11 is 0. The highest BCUT2D eigenvalue weighted by atomic mass is 19.4. The first kappa shape index (κ1) is 34.4. The average Bonchev–Trinajstić information content (AvgIpc) is 3.06. The first-order valence-corrected chi connectivity index (χ1v) is 15.3. The normalized spacial score (nSPS) is 14.3. The van der Waals surface area contributed by atoms with Crippen molar-refractivity contribution in [3.63, 3.8) is 0 Å². The third-order valence-corrected chi connectivity index (χ3v) is 9.09. The van der Waals surface area contributed by atoms with Gasteiger partial charge in [0.25, 0.3) is 6.71 Å². The summed E-state index contributed by atoms with van der Waals surface area (Å²) in [5.41, 5.74) is -2.55. The molecule has 0 spiro atoms. The minimum atomic E-state index is -4.87. The fourth-order valence-corrected chi connectivity index (χ4v) is 6.77. The van der Waals surface area contributed by atoms with E-state index in [1.54, 1.807) is 19.1 Å². The number of nitrogens with zero attached hydrogens (tertiary/aromatic N) is 2. The van der Waals surface area contributed by atoms with Crippen LogP contribution in [-0.2, 0) is 31.1 Å². The molecule has 15 heteroatoms. The van der Waals surface area contributed by atoms with Gasteiger partial charge in [-0.05, 0) is 113 Å². The highest BCUT2D eigenvalue weighted by molar-refractivity contribution is 7.00. The molecule has 0 fully saturated rings. The lowest BCUT2D eigenvalue weighted by Crippen LogP contribution is -2.61. The topological polar surface area (TPSA) is 6.48 Å². The highest BCUT2D eigenvalue weighted by Gasteiger charge is 2.46. The second kappa shape index (κ2) is 11.5. The van der Waals surface area contributed by atoms with Crippen LogP contribution < -0.4 is 26.2 Å². The number of aryl methyl sites for hydroxylation is 1. The van der Waals surface area contributed by atoms with Crippen LogP contribution in [0.1, 0.15) is 34.7 Å². The maximum absolute atomic E-state index is 14.2. The molecule has 2 nitrogen and oxygen atoms in total. The molecule has 262 valence electrons.